The second-order valence-corrected chi connectivity index (χ2v) is 6.62. The third kappa shape index (κ3) is 3.08. The lowest BCUT2D eigenvalue weighted by Crippen LogP contribution is -2.16. The minimum atomic E-state index is -0.451. The second kappa shape index (κ2) is 6.53. The molecule has 0 N–H and O–H groups in total. The first-order valence-corrected chi connectivity index (χ1v) is 8.37. The average Bonchev–Trinajstić information content (AvgIpc) is 2.86. The number of amides is 1. The van der Waals surface area contributed by atoms with Crippen molar-refractivity contribution in [2.24, 2.45) is 4.99 Å². The Hall–Kier alpha value is -2.53. The van der Waals surface area contributed by atoms with Crippen LogP contribution in [0, 0.1) is 19.7 Å². The number of carbonyl (C=O) groups is 1. The zero-order chi connectivity index (χ0) is 17.3. The molecule has 0 aliphatic carbocycles. The Morgan fingerprint density at radius 1 is 1.33 bits per heavy atom. The van der Waals surface area contributed by atoms with Crippen molar-refractivity contribution in [3.05, 3.63) is 76.4 Å². The van der Waals surface area contributed by atoms with Crippen LogP contribution in [0.25, 0.3) is 10.2 Å². The fourth-order valence-corrected chi connectivity index (χ4v) is 3.76. The summed E-state index contributed by atoms with van der Waals surface area (Å²) < 4.78 is 16.4. The number of rotatable bonds is 3. The maximum atomic E-state index is 13.3. The monoisotopic (exact) mass is 340 g/mol. The van der Waals surface area contributed by atoms with E-state index in [1.807, 2.05) is 18.4 Å². The Bertz CT molecular complexity index is 1010. The molecule has 1 amide bonds. The number of thiazole rings is 1. The quantitative estimate of drug-likeness (QED) is 0.651. The highest BCUT2D eigenvalue weighted by Gasteiger charge is 2.11. The number of aromatic nitrogens is 1. The molecule has 1 heterocycles. The summed E-state index contributed by atoms with van der Waals surface area (Å²) in [6.07, 6.45) is 1.77. The molecule has 1 aromatic heterocycles. The summed E-state index contributed by atoms with van der Waals surface area (Å²) in [7, 11) is 0. The molecule has 0 aliphatic heterocycles. The van der Waals surface area contributed by atoms with Gasteiger partial charge in [-0.2, -0.15) is 4.99 Å². The molecule has 3 nitrogen and oxygen atoms in total. The van der Waals surface area contributed by atoms with Crippen LogP contribution in [0.2, 0.25) is 0 Å². The Morgan fingerprint density at radius 3 is 2.83 bits per heavy atom. The van der Waals surface area contributed by atoms with Crippen molar-refractivity contribution in [1.29, 1.82) is 0 Å². The van der Waals surface area contributed by atoms with Gasteiger partial charge in [0.25, 0.3) is 5.91 Å². The van der Waals surface area contributed by atoms with E-state index in [2.05, 4.69) is 23.7 Å². The number of hydrogen-bond acceptors (Lipinski definition) is 2. The molecule has 0 radical (unpaired) electrons. The average molecular weight is 340 g/mol. The van der Waals surface area contributed by atoms with Gasteiger partial charge in [-0.1, -0.05) is 29.5 Å². The van der Waals surface area contributed by atoms with Gasteiger partial charge < -0.3 is 4.57 Å². The number of halogens is 1. The van der Waals surface area contributed by atoms with Crippen LogP contribution in [0.15, 0.2) is 54.0 Å². The second-order valence-electron chi connectivity index (χ2n) is 5.64. The molecule has 0 spiro atoms. The van der Waals surface area contributed by atoms with Crippen molar-refractivity contribution in [3.63, 3.8) is 0 Å². The number of carbonyl (C=O) groups excluding carboxylic acids is 1. The first-order valence-electron chi connectivity index (χ1n) is 7.55. The van der Waals surface area contributed by atoms with E-state index in [-0.39, 0.29) is 5.56 Å². The van der Waals surface area contributed by atoms with Gasteiger partial charge in [0.1, 0.15) is 5.82 Å². The molecule has 2 aromatic carbocycles. The molecule has 0 unspecified atom stereocenters. The number of benzene rings is 2. The molecule has 3 rings (SSSR count). The van der Waals surface area contributed by atoms with Crippen molar-refractivity contribution in [2.45, 2.75) is 20.4 Å². The van der Waals surface area contributed by atoms with Crippen molar-refractivity contribution >= 4 is 27.5 Å². The van der Waals surface area contributed by atoms with Crippen LogP contribution in [0.4, 0.5) is 4.39 Å². The van der Waals surface area contributed by atoms with Crippen molar-refractivity contribution < 1.29 is 9.18 Å². The molecule has 0 bridgehead atoms. The Labute approximate surface area is 143 Å². The maximum Gasteiger partial charge on any atom is 0.279 e. The summed E-state index contributed by atoms with van der Waals surface area (Å²) in [5.41, 5.74) is 3.57. The molecular formula is C19H17FN2OS. The van der Waals surface area contributed by atoms with Gasteiger partial charge in [0.15, 0.2) is 4.80 Å². The summed E-state index contributed by atoms with van der Waals surface area (Å²) in [6, 6.07) is 9.76. The van der Waals surface area contributed by atoms with E-state index in [4.69, 9.17) is 0 Å². The first kappa shape index (κ1) is 16.3. The van der Waals surface area contributed by atoms with Gasteiger partial charge in [-0.15, -0.1) is 6.58 Å². The molecule has 5 heteroatoms. The van der Waals surface area contributed by atoms with Crippen LogP contribution in [0.3, 0.4) is 0 Å². The van der Waals surface area contributed by atoms with Crippen LogP contribution in [-0.2, 0) is 6.54 Å². The van der Waals surface area contributed by atoms with E-state index in [0.29, 0.717) is 11.3 Å². The third-order valence-electron chi connectivity index (χ3n) is 3.69. The Kier molecular flexibility index (Phi) is 4.44. The lowest BCUT2D eigenvalue weighted by molar-refractivity contribution is 0.0997. The van der Waals surface area contributed by atoms with Crippen LogP contribution in [0.1, 0.15) is 21.5 Å². The lowest BCUT2D eigenvalue weighted by Gasteiger charge is -2.03. The van der Waals surface area contributed by atoms with Crippen LogP contribution >= 0.6 is 11.3 Å². The SMILES string of the molecule is C=CCn1c(=NC(=O)c2cccc(F)c2)sc2c(C)cc(C)cc21. The third-order valence-corrected chi connectivity index (χ3v) is 4.92. The van der Waals surface area contributed by atoms with Gasteiger partial charge in [-0.25, -0.2) is 4.39 Å². The molecular weight excluding hydrogens is 323 g/mol. The molecule has 0 saturated carbocycles. The standard InChI is InChI=1S/C19H17FN2OS/c1-4-8-22-16-10-12(2)9-13(3)17(16)24-19(22)21-18(23)14-6-5-7-15(20)11-14/h4-7,9-11H,1,8H2,2-3H3. The van der Waals surface area contributed by atoms with Crippen LogP contribution < -0.4 is 4.80 Å². The predicted octanol–water partition coefficient (Wildman–Crippen LogP) is 4.39. The van der Waals surface area contributed by atoms with E-state index < -0.39 is 11.7 Å². The zero-order valence-electron chi connectivity index (χ0n) is 13.5. The minimum Gasteiger partial charge on any atom is -0.312 e. The van der Waals surface area contributed by atoms with Crippen molar-refractivity contribution in [1.82, 2.24) is 4.57 Å². The number of fused-ring (bicyclic) bond motifs is 1. The van der Waals surface area contributed by atoms with E-state index >= 15 is 0 Å². The van der Waals surface area contributed by atoms with Crippen LogP contribution in [0.5, 0.6) is 0 Å². The smallest absolute Gasteiger partial charge is 0.279 e. The van der Waals surface area contributed by atoms with Gasteiger partial charge in [0.05, 0.1) is 10.2 Å². The number of nitrogens with zero attached hydrogens (tertiary/aromatic N) is 2. The minimum absolute atomic E-state index is 0.241. The summed E-state index contributed by atoms with van der Waals surface area (Å²) >= 11 is 1.46. The number of hydrogen-bond donors (Lipinski definition) is 0. The van der Waals surface area contributed by atoms with Gasteiger partial charge in [-0.3, -0.25) is 4.79 Å². The van der Waals surface area contributed by atoms with E-state index in [9.17, 15) is 9.18 Å². The Balaban J connectivity index is 2.21. The topological polar surface area (TPSA) is 34.4 Å². The first-order chi connectivity index (χ1) is 11.5. The zero-order valence-corrected chi connectivity index (χ0v) is 14.4. The fourth-order valence-electron chi connectivity index (χ4n) is 2.68. The molecule has 0 saturated heterocycles. The summed E-state index contributed by atoms with van der Waals surface area (Å²) in [5, 5.41) is 0. The highest BCUT2D eigenvalue weighted by atomic mass is 32.1. The fraction of sp³-hybridized carbons (Fsp3) is 0.158. The summed E-state index contributed by atoms with van der Waals surface area (Å²) in [5.74, 6) is -0.897. The normalized spacial score (nSPS) is 11.9. The van der Waals surface area contributed by atoms with Gasteiger partial charge >= 0.3 is 0 Å². The van der Waals surface area contributed by atoms with Gasteiger partial charge in [0.2, 0.25) is 0 Å². The largest absolute Gasteiger partial charge is 0.312 e. The van der Waals surface area contributed by atoms with E-state index in [1.165, 1.54) is 29.5 Å². The highest BCUT2D eigenvalue weighted by molar-refractivity contribution is 7.16. The molecule has 122 valence electrons. The van der Waals surface area contributed by atoms with Gasteiger partial charge in [-0.05, 0) is 49.2 Å². The summed E-state index contributed by atoms with van der Waals surface area (Å²) in [6.45, 7) is 8.42. The predicted molar refractivity (Wildman–Crippen MR) is 95.8 cm³/mol. The molecule has 3 aromatic rings. The molecule has 24 heavy (non-hydrogen) atoms. The summed E-state index contributed by atoms with van der Waals surface area (Å²) in [4.78, 5) is 17.2. The van der Waals surface area contributed by atoms with Crippen LogP contribution in [-0.4, -0.2) is 10.5 Å². The van der Waals surface area contributed by atoms with Crippen molar-refractivity contribution in [2.75, 3.05) is 0 Å². The van der Waals surface area contributed by atoms with Gasteiger partial charge in [0, 0.05) is 12.1 Å². The molecule has 0 atom stereocenters. The highest BCUT2D eigenvalue weighted by Crippen LogP contribution is 2.23. The maximum absolute atomic E-state index is 13.3. The Morgan fingerprint density at radius 2 is 2.12 bits per heavy atom. The van der Waals surface area contributed by atoms with E-state index in [1.54, 1.807) is 12.1 Å². The van der Waals surface area contributed by atoms with E-state index in [0.717, 1.165) is 21.3 Å². The number of allylic oxidation sites excluding steroid dienone is 1. The lowest BCUT2D eigenvalue weighted by atomic mass is 10.1. The van der Waals surface area contributed by atoms with Crippen molar-refractivity contribution in [3.8, 4) is 0 Å². The number of aryl methyl sites for hydroxylation is 2. The molecule has 0 fully saturated rings. The molecule has 0 aliphatic rings.